The maximum atomic E-state index is 5.38. The summed E-state index contributed by atoms with van der Waals surface area (Å²) in [5.41, 5.74) is 1.19. The molecule has 1 aliphatic rings. The van der Waals surface area contributed by atoms with E-state index in [-0.39, 0.29) is 0 Å². The summed E-state index contributed by atoms with van der Waals surface area (Å²) in [7, 11) is 0. The van der Waals surface area contributed by atoms with Crippen molar-refractivity contribution in [1.29, 1.82) is 0 Å². The summed E-state index contributed by atoms with van der Waals surface area (Å²) in [5.74, 6) is 3.73. The zero-order valence-electron chi connectivity index (χ0n) is 10.1. The van der Waals surface area contributed by atoms with Gasteiger partial charge in [-0.25, -0.2) is 0 Å². The number of thioether (sulfide) groups is 1. The molecule has 2 rings (SSSR count). The minimum atomic E-state index is 0.309. The first-order chi connectivity index (χ1) is 8.81. The molecule has 0 bridgehead atoms. The predicted octanol–water partition coefficient (Wildman–Crippen LogP) is 3.19. The fraction of sp³-hybridized carbons (Fsp3) is 0.385. The molecular formula is C13H16BrNO2S. The lowest BCUT2D eigenvalue weighted by molar-refractivity contribution is 0.173. The third kappa shape index (κ3) is 3.67. The van der Waals surface area contributed by atoms with E-state index in [2.05, 4.69) is 33.9 Å². The molecule has 0 amide bonds. The normalized spacial score (nSPS) is 12.7. The number of hydrogen-bond donors (Lipinski definition) is 1. The lowest BCUT2D eigenvalue weighted by atomic mass is 10.2. The standard InChI is InChI=1S/C13H16BrNO2S/c1-2-4-18-5-3-15-8-10-6-11(14)13-12(7-10)16-9-17-13/h2,6-7,15H,1,3-5,8-9H2. The van der Waals surface area contributed by atoms with Gasteiger partial charge in [0.05, 0.1) is 4.47 Å². The molecule has 3 nitrogen and oxygen atoms in total. The van der Waals surface area contributed by atoms with Gasteiger partial charge in [0.25, 0.3) is 0 Å². The summed E-state index contributed by atoms with van der Waals surface area (Å²) in [6.45, 7) is 5.83. The van der Waals surface area contributed by atoms with Crippen molar-refractivity contribution in [2.45, 2.75) is 6.54 Å². The van der Waals surface area contributed by atoms with Crippen molar-refractivity contribution in [1.82, 2.24) is 5.32 Å². The van der Waals surface area contributed by atoms with Crippen LogP contribution in [0.5, 0.6) is 11.5 Å². The lowest BCUT2D eigenvalue weighted by Gasteiger charge is -2.07. The number of ether oxygens (including phenoxy) is 2. The van der Waals surface area contributed by atoms with E-state index < -0.39 is 0 Å². The maximum Gasteiger partial charge on any atom is 0.231 e. The van der Waals surface area contributed by atoms with Gasteiger partial charge >= 0.3 is 0 Å². The largest absolute Gasteiger partial charge is 0.454 e. The van der Waals surface area contributed by atoms with E-state index in [1.807, 2.05) is 23.9 Å². The van der Waals surface area contributed by atoms with Gasteiger partial charge in [0.15, 0.2) is 11.5 Å². The number of benzene rings is 1. The monoisotopic (exact) mass is 329 g/mol. The Morgan fingerprint density at radius 1 is 1.44 bits per heavy atom. The van der Waals surface area contributed by atoms with E-state index in [9.17, 15) is 0 Å². The zero-order chi connectivity index (χ0) is 12.8. The summed E-state index contributed by atoms with van der Waals surface area (Å²) in [4.78, 5) is 0. The zero-order valence-corrected chi connectivity index (χ0v) is 12.5. The van der Waals surface area contributed by atoms with Crippen LogP contribution in [-0.4, -0.2) is 24.8 Å². The van der Waals surface area contributed by atoms with Crippen molar-refractivity contribution in [2.24, 2.45) is 0 Å². The maximum absolute atomic E-state index is 5.38. The highest BCUT2D eigenvalue weighted by molar-refractivity contribution is 9.10. The van der Waals surface area contributed by atoms with Crippen molar-refractivity contribution in [3.8, 4) is 11.5 Å². The Kier molecular flexibility index (Phi) is 5.41. The van der Waals surface area contributed by atoms with Crippen LogP contribution in [0.4, 0.5) is 0 Å². The average molecular weight is 330 g/mol. The molecule has 0 saturated carbocycles. The van der Waals surface area contributed by atoms with Gasteiger partial charge in [-0.15, -0.1) is 6.58 Å². The summed E-state index contributed by atoms with van der Waals surface area (Å²) < 4.78 is 11.7. The van der Waals surface area contributed by atoms with Crippen molar-refractivity contribution < 1.29 is 9.47 Å². The Balaban J connectivity index is 1.79. The minimum absolute atomic E-state index is 0.309. The first-order valence-electron chi connectivity index (χ1n) is 5.78. The van der Waals surface area contributed by atoms with Gasteiger partial charge in [-0.2, -0.15) is 11.8 Å². The number of fused-ring (bicyclic) bond motifs is 1. The van der Waals surface area contributed by atoms with E-state index in [1.165, 1.54) is 5.56 Å². The van der Waals surface area contributed by atoms with Crippen LogP contribution in [0.15, 0.2) is 29.3 Å². The number of rotatable bonds is 7. The van der Waals surface area contributed by atoms with Gasteiger partial charge in [0.1, 0.15) is 0 Å². The van der Waals surface area contributed by atoms with Crippen LogP contribution in [0.3, 0.4) is 0 Å². The lowest BCUT2D eigenvalue weighted by Crippen LogP contribution is -2.16. The molecular weight excluding hydrogens is 314 g/mol. The molecule has 1 aliphatic heterocycles. The number of nitrogens with one attached hydrogen (secondary N) is 1. The van der Waals surface area contributed by atoms with Gasteiger partial charge in [0, 0.05) is 24.6 Å². The number of hydrogen-bond acceptors (Lipinski definition) is 4. The van der Waals surface area contributed by atoms with Crippen molar-refractivity contribution in [3.05, 3.63) is 34.8 Å². The van der Waals surface area contributed by atoms with E-state index in [4.69, 9.17) is 9.47 Å². The molecule has 5 heteroatoms. The molecule has 0 aliphatic carbocycles. The number of halogens is 1. The highest BCUT2D eigenvalue weighted by atomic mass is 79.9. The first-order valence-corrected chi connectivity index (χ1v) is 7.73. The molecule has 1 heterocycles. The molecule has 1 aromatic carbocycles. The van der Waals surface area contributed by atoms with Crippen LogP contribution in [0, 0.1) is 0 Å². The van der Waals surface area contributed by atoms with Crippen LogP contribution in [0.25, 0.3) is 0 Å². The molecule has 1 aromatic rings. The molecule has 0 spiro atoms. The molecule has 98 valence electrons. The van der Waals surface area contributed by atoms with Crippen molar-refractivity contribution in [2.75, 3.05) is 24.8 Å². The first kappa shape index (κ1) is 13.8. The molecule has 1 N–H and O–H groups in total. The smallest absolute Gasteiger partial charge is 0.231 e. The highest BCUT2D eigenvalue weighted by Gasteiger charge is 2.17. The molecule has 0 fully saturated rings. The summed E-state index contributed by atoms with van der Waals surface area (Å²) in [5, 5.41) is 3.41. The van der Waals surface area contributed by atoms with E-state index in [0.29, 0.717) is 6.79 Å². The molecule has 18 heavy (non-hydrogen) atoms. The predicted molar refractivity (Wildman–Crippen MR) is 79.5 cm³/mol. The fourth-order valence-corrected chi connectivity index (χ4v) is 2.89. The van der Waals surface area contributed by atoms with Crippen LogP contribution < -0.4 is 14.8 Å². The van der Waals surface area contributed by atoms with Crippen molar-refractivity contribution >= 4 is 27.7 Å². The SMILES string of the molecule is C=CCSCCNCc1cc(Br)c2c(c1)OCO2. The van der Waals surface area contributed by atoms with E-state index in [0.717, 1.165) is 40.6 Å². The summed E-state index contributed by atoms with van der Waals surface area (Å²) in [6, 6.07) is 4.09. The Morgan fingerprint density at radius 3 is 3.17 bits per heavy atom. The minimum Gasteiger partial charge on any atom is -0.454 e. The van der Waals surface area contributed by atoms with Gasteiger partial charge in [-0.05, 0) is 33.6 Å². The van der Waals surface area contributed by atoms with Crippen LogP contribution in [0.2, 0.25) is 0 Å². The molecule has 0 unspecified atom stereocenters. The average Bonchev–Trinajstić information content (AvgIpc) is 2.82. The van der Waals surface area contributed by atoms with Gasteiger partial charge in [-0.3, -0.25) is 0 Å². The van der Waals surface area contributed by atoms with E-state index in [1.54, 1.807) is 0 Å². The molecule has 0 radical (unpaired) electrons. The second-order valence-electron chi connectivity index (χ2n) is 3.85. The van der Waals surface area contributed by atoms with E-state index >= 15 is 0 Å². The summed E-state index contributed by atoms with van der Waals surface area (Å²) in [6.07, 6.45) is 1.93. The third-order valence-electron chi connectivity index (χ3n) is 2.48. The Morgan fingerprint density at radius 2 is 2.33 bits per heavy atom. The van der Waals surface area contributed by atoms with Crippen LogP contribution in [0.1, 0.15) is 5.56 Å². The topological polar surface area (TPSA) is 30.5 Å². The summed E-state index contributed by atoms with van der Waals surface area (Å²) >= 11 is 5.37. The highest BCUT2D eigenvalue weighted by Crippen LogP contribution is 2.39. The molecule has 0 aromatic heterocycles. The second-order valence-corrected chi connectivity index (χ2v) is 5.86. The van der Waals surface area contributed by atoms with Crippen LogP contribution in [-0.2, 0) is 6.54 Å². The second kappa shape index (κ2) is 7.07. The Labute approximate surface area is 120 Å². The van der Waals surface area contributed by atoms with Gasteiger partial charge < -0.3 is 14.8 Å². The van der Waals surface area contributed by atoms with Gasteiger partial charge in [-0.1, -0.05) is 6.08 Å². The van der Waals surface area contributed by atoms with Gasteiger partial charge in [0.2, 0.25) is 6.79 Å². The Bertz CT molecular complexity index is 426. The third-order valence-corrected chi connectivity index (χ3v) is 4.03. The van der Waals surface area contributed by atoms with Crippen molar-refractivity contribution in [3.63, 3.8) is 0 Å². The van der Waals surface area contributed by atoms with Crippen LogP contribution >= 0.6 is 27.7 Å². The fourth-order valence-electron chi connectivity index (χ4n) is 1.67. The quantitative estimate of drug-likeness (QED) is 0.614. The molecule has 0 saturated heterocycles. The Hall–Kier alpha value is -0.650. The molecule has 0 atom stereocenters.